The Hall–Kier alpha value is -2.11. The number of aliphatic imine (C=N–C) groups is 1. The molecule has 1 N–H and O–H groups in total. The SMILES string of the molecule is CCNC=C1N=C(c2ccccc2Cl)c2cc(Br)ccc2N(C)C1=O. The Balaban J connectivity index is 2.30. The lowest BCUT2D eigenvalue weighted by Crippen LogP contribution is -2.27. The van der Waals surface area contributed by atoms with Crippen molar-refractivity contribution in [1.29, 1.82) is 0 Å². The van der Waals surface area contributed by atoms with Crippen molar-refractivity contribution in [3.63, 3.8) is 0 Å². The van der Waals surface area contributed by atoms with Crippen LogP contribution in [0.4, 0.5) is 5.69 Å². The highest BCUT2D eigenvalue weighted by molar-refractivity contribution is 9.10. The Morgan fingerprint density at radius 3 is 2.72 bits per heavy atom. The van der Waals surface area contributed by atoms with Gasteiger partial charge in [-0.2, -0.15) is 0 Å². The quantitative estimate of drug-likeness (QED) is 0.752. The first-order valence-corrected chi connectivity index (χ1v) is 9.05. The number of carbonyl (C=O) groups is 1. The third-order valence-electron chi connectivity index (χ3n) is 3.90. The number of nitrogens with one attached hydrogen (secondary N) is 1. The fourth-order valence-corrected chi connectivity index (χ4v) is 3.24. The standard InChI is InChI=1S/C19H17BrClN3O/c1-3-22-11-16-19(25)24(2)17-9-8-12(20)10-14(17)18(23-16)13-6-4-5-7-15(13)21/h4-11,22H,3H2,1-2H3. The number of hydrogen-bond acceptors (Lipinski definition) is 3. The lowest BCUT2D eigenvalue weighted by molar-refractivity contribution is -0.114. The Morgan fingerprint density at radius 1 is 1.24 bits per heavy atom. The van der Waals surface area contributed by atoms with E-state index in [4.69, 9.17) is 11.6 Å². The zero-order valence-corrected chi connectivity index (χ0v) is 16.2. The molecule has 0 saturated carbocycles. The van der Waals surface area contributed by atoms with Crippen molar-refractivity contribution in [2.75, 3.05) is 18.5 Å². The van der Waals surface area contributed by atoms with Gasteiger partial charge >= 0.3 is 0 Å². The second-order valence-corrected chi connectivity index (χ2v) is 6.88. The summed E-state index contributed by atoms with van der Waals surface area (Å²) in [4.78, 5) is 19.1. The summed E-state index contributed by atoms with van der Waals surface area (Å²) in [7, 11) is 1.75. The smallest absolute Gasteiger partial charge is 0.278 e. The number of halogens is 2. The summed E-state index contributed by atoms with van der Waals surface area (Å²) >= 11 is 9.92. The first kappa shape index (κ1) is 17.7. The van der Waals surface area contributed by atoms with Gasteiger partial charge < -0.3 is 10.2 Å². The maximum atomic E-state index is 12.8. The van der Waals surface area contributed by atoms with E-state index < -0.39 is 0 Å². The highest BCUT2D eigenvalue weighted by Gasteiger charge is 2.27. The number of rotatable bonds is 3. The van der Waals surface area contributed by atoms with Crippen molar-refractivity contribution < 1.29 is 4.79 Å². The number of nitrogens with zero attached hydrogens (tertiary/aromatic N) is 2. The zero-order valence-electron chi connectivity index (χ0n) is 13.9. The van der Waals surface area contributed by atoms with Crippen molar-refractivity contribution in [1.82, 2.24) is 5.32 Å². The molecule has 2 aromatic carbocycles. The maximum absolute atomic E-state index is 12.8. The van der Waals surface area contributed by atoms with E-state index >= 15 is 0 Å². The van der Waals surface area contributed by atoms with Gasteiger partial charge in [-0.1, -0.05) is 45.7 Å². The molecular weight excluding hydrogens is 402 g/mol. The molecule has 1 aliphatic heterocycles. The molecule has 128 valence electrons. The molecular formula is C19H17BrClN3O. The van der Waals surface area contributed by atoms with Crippen molar-refractivity contribution in [2.45, 2.75) is 6.92 Å². The summed E-state index contributed by atoms with van der Waals surface area (Å²) in [5.41, 5.74) is 3.43. The van der Waals surface area contributed by atoms with Gasteiger partial charge in [0, 0.05) is 40.4 Å². The lowest BCUT2D eigenvalue weighted by atomic mass is 10.0. The highest BCUT2D eigenvalue weighted by atomic mass is 79.9. The molecule has 0 unspecified atom stereocenters. The normalized spacial score (nSPS) is 15.7. The van der Waals surface area contributed by atoms with Gasteiger partial charge in [-0.25, -0.2) is 4.99 Å². The van der Waals surface area contributed by atoms with Crippen molar-refractivity contribution in [3.8, 4) is 0 Å². The van der Waals surface area contributed by atoms with Gasteiger partial charge in [-0.3, -0.25) is 4.79 Å². The molecule has 0 aromatic heterocycles. The van der Waals surface area contributed by atoms with E-state index in [1.165, 1.54) is 0 Å². The largest absolute Gasteiger partial charge is 0.389 e. The summed E-state index contributed by atoms with van der Waals surface area (Å²) in [5.74, 6) is -0.174. The molecule has 0 spiro atoms. The van der Waals surface area contributed by atoms with Crippen LogP contribution >= 0.6 is 27.5 Å². The predicted molar refractivity (Wildman–Crippen MR) is 106 cm³/mol. The van der Waals surface area contributed by atoms with Gasteiger partial charge in [0.25, 0.3) is 5.91 Å². The average Bonchev–Trinajstić information content (AvgIpc) is 2.70. The number of likely N-dealkylation sites (N-methyl/N-ethyl adjacent to an activating group) is 1. The molecule has 0 atom stereocenters. The maximum Gasteiger partial charge on any atom is 0.278 e. The number of benzodiazepines with no additional fused rings is 1. The number of benzene rings is 2. The summed E-state index contributed by atoms with van der Waals surface area (Å²) in [6.07, 6.45) is 1.65. The van der Waals surface area contributed by atoms with Crippen LogP contribution in [0.5, 0.6) is 0 Å². The van der Waals surface area contributed by atoms with Crippen LogP contribution in [0, 0.1) is 0 Å². The van der Waals surface area contributed by atoms with Crippen LogP contribution in [0.15, 0.2) is 63.8 Å². The Kier molecular flexibility index (Phi) is 5.25. The second kappa shape index (κ2) is 7.42. The molecule has 0 radical (unpaired) electrons. The van der Waals surface area contributed by atoms with Crippen LogP contribution in [-0.4, -0.2) is 25.2 Å². The Labute approximate surface area is 160 Å². The van der Waals surface area contributed by atoms with Gasteiger partial charge in [-0.15, -0.1) is 0 Å². The Morgan fingerprint density at radius 2 is 2.00 bits per heavy atom. The van der Waals surface area contributed by atoms with E-state index in [1.54, 1.807) is 18.1 Å². The third-order valence-corrected chi connectivity index (χ3v) is 4.73. The topological polar surface area (TPSA) is 44.7 Å². The summed E-state index contributed by atoms with van der Waals surface area (Å²) in [6.45, 7) is 2.67. The van der Waals surface area contributed by atoms with Crippen molar-refractivity contribution in [3.05, 3.63) is 75.0 Å². The molecule has 6 heteroatoms. The molecule has 0 saturated heterocycles. The van der Waals surface area contributed by atoms with E-state index in [0.717, 1.165) is 21.3 Å². The molecule has 0 aliphatic carbocycles. The van der Waals surface area contributed by atoms with E-state index in [0.29, 0.717) is 23.0 Å². The highest BCUT2D eigenvalue weighted by Crippen LogP contribution is 2.32. The van der Waals surface area contributed by atoms with Gasteiger partial charge in [0.2, 0.25) is 0 Å². The molecule has 1 amide bonds. The molecule has 3 rings (SSSR count). The first-order valence-electron chi connectivity index (χ1n) is 7.88. The van der Waals surface area contributed by atoms with Gasteiger partial charge in [-0.05, 0) is 31.2 Å². The van der Waals surface area contributed by atoms with E-state index in [-0.39, 0.29) is 5.91 Å². The fourth-order valence-electron chi connectivity index (χ4n) is 2.65. The molecule has 4 nitrogen and oxygen atoms in total. The first-order chi connectivity index (χ1) is 12.0. The molecule has 0 bridgehead atoms. The molecule has 25 heavy (non-hydrogen) atoms. The van der Waals surface area contributed by atoms with E-state index in [2.05, 4.69) is 26.2 Å². The van der Waals surface area contributed by atoms with Gasteiger partial charge in [0.15, 0.2) is 0 Å². The number of amides is 1. The van der Waals surface area contributed by atoms with Crippen LogP contribution < -0.4 is 10.2 Å². The lowest BCUT2D eigenvalue weighted by Gasteiger charge is -2.18. The average molecular weight is 419 g/mol. The predicted octanol–water partition coefficient (Wildman–Crippen LogP) is 4.37. The minimum absolute atomic E-state index is 0.174. The van der Waals surface area contributed by atoms with E-state index in [9.17, 15) is 4.79 Å². The minimum Gasteiger partial charge on any atom is -0.389 e. The van der Waals surface area contributed by atoms with Crippen LogP contribution in [0.1, 0.15) is 18.1 Å². The number of hydrogen-bond donors (Lipinski definition) is 1. The Bertz CT molecular complexity index is 892. The summed E-state index contributed by atoms with van der Waals surface area (Å²) in [5, 5.41) is 3.65. The number of anilines is 1. The fraction of sp³-hybridized carbons (Fsp3) is 0.158. The van der Waals surface area contributed by atoms with Crippen LogP contribution in [-0.2, 0) is 4.79 Å². The van der Waals surface area contributed by atoms with E-state index in [1.807, 2.05) is 49.4 Å². The molecule has 0 fully saturated rings. The molecule has 1 aliphatic rings. The van der Waals surface area contributed by atoms with Crippen LogP contribution in [0.2, 0.25) is 5.02 Å². The van der Waals surface area contributed by atoms with Crippen LogP contribution in [0.3, 0.4) is 0 Å². The van der Waals surface area contributed by atoms with Crippen LogP contribution in [0.25, 0.3) is 0 Å². The van der Waals surface area contributed by atoms with Gasteiger partial charge in [0.1, 0.15) is 5.70 Å². The molecule has 2 aromatic rings. The number of fused-ring (bicyclic) bond motifs is 1. The minimum atomic E-state index is -0.174. The second-order valence-electron chi connectivity index (χ2n) is 5.55. The zero-order chi connectivity index (χ0) is 18.0. The van der Waals surface area contributed by atoms with Crippen molar-refractivity contribution >= 4 is 44.8 Å². The van der Waals surface area contributed by atoms with Gasteiger partial charge in [0.05, 0.1) is 11.4 Å². The summed E-state index contributed by atoms with van der Waals surface area (Å²) in [6, 6.07) is 13.3. The number of carbonyl (C=O) groups excluding carboxylic acids is 1. The third kappa shape index (κ3) is 3.48. The monoisotopic (exact) mass is 417 g/mol. The van der Waals surface area contributed by atoms with Crippen molar-refractivity contribution in [2.24, 2.45) is 4.99 Å². The summed E-state index contributed by atoms with van der Waals surface area (Å²) < 4.78 is 0.908. The molecule has 1 heterocycles.